The molecule has 2 atom stereocenters. The van der Waals surface area contributed by atoms with Crippen LogP contribution in [0, 0.1) is 25.7 Å². The lowest BCUT2D eigenvalue weighted by atomic mass is 10.0. The molecule has 0 aromatic carbocycles. The van der Waals surface area contributed by atoms with E-state index in [1.165, 1.54) is 6.07 Å². The molecule has 2 saturated heterocycles. The van der Waals surface area contributed by atoms with Crippen molar-refractivity contribution in [2.45, 2.75) is 20.0 Å². The van der Waals surface area contributed by atoms with E-state index in [4.69, 9.17) is 0 Å². The van der Waals surface area contributed by atoms with E-state index in [1.807, 2.05) is 24.4 Å². The predicted octanol–water partition coefficient (Wildman–Crippen LogP) is 3.33. The largest absolute Gasteiger partial charge is 0.417 e. The molecule has 0 spiro atoms. The molecule has 2 aliphatic heterocycles. The second-order valence-corrected chi connectivity index (χ2v) is 8.04. The molecule has 2 fully saturated rings. The third-order valence-corrected chi connectivity index (χ3v) is 5.87. The van der Waals surface area contributed by atoms with Gasteiger partial charge in [0.25, 0.3) is 0 Å². The lowest BCUT2D eigenvalue weighted by molar-refractivity contribution is -0.137. The maximum atomic E-state index is 12.8. The quantitative estimate of drug-likeness (QED) is 0.658. The third-order valence-electron chi connectivity index (χ3n) is 5.87. The van der Waals surface area contributed by atoms with E-state index < -0.39 is 11.7 Å². The number of pyridine rings is 1. The number of halogens is 3. The van der Waals surface area contributed by atoms with E-state index in [1.54, 1.807) is 0 Å². The summed E-state index contributed by atoms with van der Waals surface area (Å²) in [6.45, 7) is 7.32. The summed E-state index contributed by atoms with van der Waals surface area (Å²) in [4.78, 5) is 13.1. The van der Waals surface area contributed by atoms with Gasteiger partial charge in [-0.2, -0.15) is 22.8 Å². The molecule has 6 nitrogen and oxygen atoms in total. The van der Waals surface area contributed by atoms with Crippen molar-refractivity contribution in [3.63, 3.8) is 0 Å². The van der Waals surface area contributed by atoms with Gasteiger partial charge in [-0.15, -0.1) is 0 Å². The Morgan fingerprint density at radius 3 is 2.24 bits per heavy atom. The molecule has 0 bridgehead atoms. The Kier molecular flexibility index (Phi) is 3.97. The highest BCUT2D eigenvalue weighted by Crippen LogP contribution is 2.36. The summed E-state index contributed by atoms with van der Waals surface area (Å²) in [6, 6.07) is 6.63. The Bertz CT molecular complexity index is 1040. The van der Waals surface area contributed by atoms with Crippen molar-refractivity contribution < 1.29 is 13.2 Å². The highest BCUT2D eigenvalue weighted by molar-refractivity contribution is 5.53. The number of fused-ring (bicyclic) bond motifs is 2. The van der Waals surface area contributed by atoms with Gasteiger partial charge in [-0.3, -0.25) is 0 Å². The Hall–Kier alpha value is -2.84. The maximum Gasteiger partial charge on any atom is 0.417 e. The van der Waals surface area contributed by atoms with Gasteiger partial charge in [-0.25, -0.2) is 9.97 Å². The van der Waals surface area contributed by atoms with Gasteiger partial charge >= 0.3 is 6.18 Å². The first kappa shape index (κ1) is 18.2. The number of nitrogens with zero attached hydrogens (tertiary/aromatic N) is 6. The molecule has 5 rings (SSSR count). The van der Waals surface area contributed by atoms with Crippen LogP contribution < -0.4 is 9.80 Å². The van der Waals surface area contributed by atoms with Gasteiger partial charge in [-0.1, -0.05) is 0 Å². The third kappa shape index (κ3) is 3.18. The molecule has 0 N–H and O–H groups in total. The smallest absolute Gasteiger partial charge is 0.356 e. The standard InChI is InChI=1S/C20H21F3N6/c1-12-6-19(29-18(25-12)5-13(2)26-29)28-10-14-8-27(9-15(14)11-28)17-4-3-16(7-24-17)20(21,22)23/h3-7,14-15H,8-11H2,1-2H3. The van der Waals surface area contributed by atoms with E-state index in [0.717, 1.165) is 61.3 Å². The highest BCUT2D eigenvalue weighted by atomic mass is 19.4. The SMILES string of the molecule is Cc1cc(N2CC3CN(c4ccc(C(F)(F)F)cn4)CC3C2)n2nc(C)cc2n1. The van der Waals surface area contributed by atoms with Gasteiger partial charge in [0, 0.05) is 62.0 Å². The van der Waals surface area contributed by atoms with Crippen LogP contribution >= 0.6 is 0 Å². The zero-order valence-corrected chi connectivity index (χ0v) is 16.2. The number of aromatic nitrogens is 4. The molecule has 9 heteroatoms. The van der Waals surface area contributed by atoms with Crippen LogP contribution in [-0.2, 0) is 6.18 Å². The monoisotopic (exact) mass is 402 g/mol. The molecule has 3 aromatic rings. The lowest BCUT2D eigenvalue weighted by Gasteiger charge is -2.24. The Morgan fingerprint density at radius 2 is 1.62 bits per heavy atom. The van der Waals surface area contributed by atoms with Crippen LogP contribution in [0.5, 0.6) is 0 Å². The summed E-state index contributed by atoms with van der Waals surface area (Å²) in [6.07, 6.45) is -3.43. The molecule has 0 amide bonds. The first-order valence-corrected chi connectivity index (χ1v) is 9.65. The normalized spacial score (nSPS) is 22.0. The van der Waals surface area contributed by atoms with Crippen molar-refractivity contribution >= 4 is 17.3 Å². The van der Waals surface area contributed by atoms with Gasteiger partial charge in [0.05, 0.1) is 11.3 Å². The van der Waals surface area contributed by atoms with Crippen molar-refractivity contribution in [2.24, 2.45) is 11.8 Å². The first-order valence-electron chi connectivity index (χ1n) is 9.65. The molecule has 5 heterocycles. The molecule has 0 saturated carbocycles. The van der Waals surface area contributed by atoms with Crippen LogP contribution in [0.2, 0.25) is 0 Å². The zero-order chi connectivity index (χ0) is 20.3. The van der Waals surface area contributed by atoms with Crippen LogP contribution in [0.25, 0.3) is 5.65 Å². The highest BCUT2D eigenvalue weighted by Gasteiger charge is 2.41. The minimum atomic E-state index is -4.35. The first-order chi connectivity index (χ1) is 13.8. The fourth-order valence-electron chi connectivity index (χ4n) is 4.53. The minimum Gasteiger partial charge on any atom is -0.356 e. The average Bonchev–Trinajstić information content (AvgIpc) is 3.32. The van der Waals surface area contributed by atoms with Crippen LogP contribution in [0.1, 0.15) is 17.0 Å². The van der Waals surface area contributed by atoms with E-state index in [9.17, 15) is 13.2 Å². The van der Waals surface area contributed by atoms with Crippen LogP contribution in [0.3, 0.4) is 0 Å². The molecule has 3 aromatic heterocycles. The number of hydrogen-bond donors (Lipinski definition) is 0. The van der Waals surface area contributed by atoms with Gasteiger partial charge < -0.3 is 9.80 Å². The van der Waals surface area contributed by atoms with Crippen LogP contribution in [0.4, 0.5) is 24.8 Å². The minimum absolute atomic E-state index is 0.444. The summed E-state index contributed by atoms with van der Waals surface area (Å²) < 4.78 is 40.2. The van der Waals surface area contributed by atoms with Gasteiger partial charge in [0.15, 0.2) is 5.65 Å². The van der Waals surface area contributed by atoms with E-state index in [0.29, 0.717) is 17.7 Å². The summed E-state index contributed by atoms with van der Waals surface area (Å²) >= 11 is 0. The Morgan fingerprint density at radius 1 is 0.931 bits per heavy atom. The molecular formula is C20H21F3N6. The second kappa shape index (κ2) is 6.33. The number of anilines is 2. The van der Waals surface area contributed by atoms with Crippen molar-refractivity contribution in [3.05, 3.63) is 47.4 Å². The van der Waals surface area contributed by atoms with Gasteiger partial charge in [0.2, 0.25) is 0 Å². The maximum absolute atomic E-state index is 12.8. The number of rotatable bonds is 2. The van der Waals surface area contributed by atoms with Crippen LogP contribution in [0.15, 0.2) is 30.5 Å². The second-order valence-electron chi connectivity index (χ2n) is 8.04. The van der Waals surface area contributed by atoms with E-state index in [-0.39, 0.29) is 0 Å². The zero-order valence-electron chi connectivity index (χ0n) is 16.2. The average molecular weight is 402 g/mol. The fraction of sp³-hybridized carbons (Fsp3) is 0.450. The number of hydrogen-bond acceptors (Lipinski definition) is 5. The molecule has 2 aliphatic rings. The summed E-state index contributed by atoms with van der Waals surface area (Å²) in [5.41, 5.74) is 2.03. The topological polar surface area (TPSA) is 49.6 Å². The van der Waals surface area contributed by atoms with E-state index in [2.05, 4.69) is 30.9 Å². The summed E-state index contributed by atoms with van der Waals surface area (Å²) in [5, 5.41) is 4.58. The molecule has 0 radical (unpaired) electrons. The summed E-state index contributed by atoms with van der Waals surface area (Å²) in [5.74, 6) is 2.55. The molecular weight excluding hydrogens is 381 g/mol. The predicted molar refractivity (Wildman–Crippen MR) is 103 cm³/mol. The Labute approximate surface area is 166 Å². The van der Waals surface area contributed by atoms with Crippen LogP contribution in [-0.4, -0.2) is 45.8 Å². The molecule has 2 unspecified atom stereocenters. The number of aryl methyl sites for hydroxylation is 2. The van der Waals surface area contributed by atoms with Crippen molar-refractivity contribution in [1.82, 2.24) is 19.6 Å². The Balaban J connectivity index is 1.33. The lowest BCUT2D eigenvalue weighted by Crippen LogP contribution is -2.30. The van der Waals surface area contributed by atoms with Crippen molar-refractivity contribution in [1.29, 1.82) is 0 Å². The fourth-order valence-corrected chi connectivity index (χ4v) is 4.53. The van der Waals surface area contributed by atoms with Crippen molar-refractivity contribution in [3.8, 4) is 0 Å². The van der Waals surface area contributed by atoms with E-state index >= 15 is 0 Å². The molecule has 29 heavy (non-hydrogen) atoms. The molecule has 152 valence electrons. The number of alkyl halides is 3. The van der Waals surface area contributed by atoms with Crippen molar-refractivity contribution in [2.75, 3.05) is 36.0 Å². The summed E-state index contributed by atoms with van der Waals surface area (Å²) in [7, 11) is 0. The van der Waals surface area contributed by atoms with Gasteiger partial charge in [0.1, 0.15) is 11.6 Å². The molecule has 0 aliphatic carbocycles. The van der Waals surface area contributed by atoms with Gasteiger partial charge in [-0.05, 0) is 26.0 Å².